The van der Waals surface area contributed by atoms with Crippen LogP contribution in [0, 0.1) is 0 Å². The minimum atomic E-state index is -1.30. The van der Waals surface area contributed by atoms with Crippen LogP contribution in [0.2, 0.25) is 0 Å². The van der Waals surface area contributed by atoms with Gasteiger partial charge in [0.05, 0.1) is 12.1 Å². The number of thiazole rings is 1. The van der Waals surface area contributed by atoms with E-state index in [-0.39, 0.29) is 80.0 Å². The number of carboxylic acids is 1. The van der Waals surface area contributed by atoms with Gasteiger partial charge in [-0.1, -0.05) is 103 Å². The average molecular weight is 694 g/mol. The summed E-state index contributed by atoms with van der Waals surface area (Å²) in [5.74, 6) is -3.68. The molecule has 0 spiro atoms. The number of aromatic nitrogens is 1. The maximum Gasteiger partial charge on any atom is 1.00 e. The van der Waals surface area contributed by atoms with Crippen molar-refractivity contribution in [2.24, 2.45) is 0 Å². The third kappa shape index (κ3) is 7.26. The SMILES string of the molecule is O=C([O-])Cc1csc(C2=C(C(=O)ONC(=O)Cc3ccccc3)N3C(=O)C(=S)[C@@H]3SC2C(c2ccccc2)c2ccccc2)n1.[K+]. The van der Waals surface area contributed by atoms with E-state index in [2.05, 4.69) is 10.5 Å². The number of hydroxylamine groups is 1. The molecule has 3 aromatic carbocycles. The van der Waals surface area contributed by atoms with Crippen molar-refractivity contribution >= 4 is 69.5 Å². The number of fused-ring (bicyclic) bond motifs is 1. The molecule has 1 saturated heterocycles. The molecule has 6 rings (SSSR count). The summed E-state index contributed by atoms with van der Waals surface area (Å²) >= 11 is 8.02. The van der Waals surface area contributed by atoms with E-state index in [9.17, 15) is 24.3 Å². The normalized spacial score (nSPS) is 17.1. The summed E-state index contributed by atoms with van der Waals surface area (Å²) in [6, 6.07) is 28.4. The van der Waals surface area contributed by atoms with Gasteiger partial charge >= 0.3 is 57.4 Å². The van der Waals surface area contributed by atoms with Crippen LogP contribution in [0.5, 0.6) is 0 Å². The van der Waals surface area contributed by atoms with Crippen LogP contribution in [0.25, 0.3) is 5.57 Å². The number of carboxylic acid groups (broad SMARTS) is 1. The van der Waals surface area contributed by atoms with Crippen molar-refractivity contribution in [3.05, 3.63) is 129 Å². The smallest absolute Gasteiger partial charge is 0.550 e. The van der Waals surface area contributed by atoms with Gasteiger partial charge in [0, 0.05) is 34.5 Å². The van der Waals surface area contributed by atoms with Crippen LogP contribution in [0.3, 0.4) is 0 Å². The monoisotopic (exact) mass is 693 g/mol. The molecule has 1 unspecified atom stereocenters. The first-order chi connectivity index (χ1) is 21.8. The van der Waals surface area contributed by atoms with Crippen LogP contribution < -0.4 is 62.0 Å². The number of benzene rings is 3. The molecule has 0 aliphatic carbocycles. The standard InChI is InChI=1S/C33H25N3O6S3.K/c37-23(16-19-10-4-1-5-11-19)35-42-33(41)27-26(30-34-22(18-44-30)17-24(38)39)29(45-32-28(43)31(40)36(27)32)25(20-12-6-2-7-13-20)21-14-8-3-9-15-21;/h1-15,18,25,29,32H,16-17H2,(H,35,37)(H,38,39);/q;+1/p-1/t29?,32-;/m0./s1. The molecule has 3 heterocycles. The van der Waals surface area contributed by atoms with E-state index in [1.54, 1.807) is 29.6 Å². The Balaban J connectivity index is 0.00000417. The maximum absolute atomic E-state index is 13.9. The van der Waals surface area contributed by atoms with Gasteiger partial charge in [-0.2, -0.15) is 5.48 Å². The number of nitrogens with one attached hydrogen (secondary N) is 1. The zero-order valence-electron chi connectivity index (χ0n) is 24.5. The topological polar surface area (TPSA) is 129 Å². The first-order valence-corrected chi connectivity index (χ1v) is 16.1. The molecule has 2 atom stereocenters. The zero-order chi connectivity index (χ0) is 31.5. The molecule has 2 amide bonds. The van der Waals surface area contributed by atoms with E-state index in [4.69, 9.17) is 17.1 Å². The summed E-state index contributed by atoms with van der Waals surface area (Å²) in [5, 5.41) is 12.2. The van der Waals surface area contributed by atoms with Gasteiger partial charge in [-0.25, -0.2) is 9.78 Å². The number of thiocarbonyl (C=S) groups is 1. The molecule has 1 N–H and O–H groups in total. The van der Waals surface area contributed by atoms with Crippen LogP contribution in [0.1, 0.15) is 33.3 Å². The maximum atomic E-state index is 13.9. The summed E-state index contributed by atoms with van der Waals surface area (Å²) < 4.78 is 0. The Kier molecular flexibility index (Phi) is 11.4. The molecule has 0 radical (unpaired) electrons. The second kappa shape index (κ2) is 15.3. The summed E-state index contributed by atoms with van der Waals surface area (Å²) in [4.78, 5) is 62.5. The molecule has 226 valence electrons. The summed E-state index contributed by atoms with van der Waals surface area (Å²) in [6.07, 6.45) is -0.454. The average Bonchev–Trinajstić information content (AvgIpc) is 3.51. The Hall–Kier alpha value is -3.01. The van der Waals surface area contributed by atoms with E-state index in [1.165, 1.54) is 16.7 Å². The molecule has 4 aromatic rings. The van der Waals surface area contributed by atoms with Crippen molar-refractivity contribution in [1.82, 2.24) is 15.4 Å². The number of carbonyl (C=O) groups is 4. The number of carbonyl (C=O) groups excluding carboxylic acids is 4. The fourth-order valence-electron chi connectivity index (χ4n) is 5.36. The van der Waals surface area contributed by atoms with E-state index < -0.39 is 40.8 Å². The Bertz CT molecular complexity index is 1780. The van der Waals surface area contributed by atoms with Gasteiger partial charge in [0.15, 0.2) is 0 Å². The Morgan fingerprint density at radius 1 is 0.935 bits per heavy atom. The Morgan fingerprint density at radius 3 is 2.11 bits per heavy atom. The summed E-state index contributed by atoms with van der Waals surface area (Å²) in [7, 11) is 0. The quantitative estimate of drug-likeness (QED) is 0.115. The van der Waals surface area contributed by atoms with E-state index in [1.807, 2.05) is 66.7 Å². The zero-order valence-corrected chi connectivity index (χ0v) is 30.0. The van der Waals surface area contributed by atoms with Gasteiger partial charge < -0.3 is 14.7 Å². The second-order valence-electron chi connectivity index (χ2n) is 10.3. The van der Waals surface area contributed by atoms with Crippen LogP contribution in [0.15, 0.2) is 102 Å². The van der Waals surface area contributed by atoms with Crippen molar-refractivity contribution in [2.45, 2.75) is 29.4 Å². The second-order valence-corrected chi connectivity index (χ2v) is 12.8. The molecule has 1 aromatic heterocycles. The molecule has 0 saturated carbocycles. The minimum Gasteiger partial charge on any atom is -0.550 e. The molecule has 2 aliphatic rings. The van der Waals surface area contributed by atoms with Crippen LogP contribution in [-0.2, 0) is 36.9 Å². The third-order valence-electron chi connectivity index (χ3n) is 7.33. The van der Waals surface area contributed by atoms with E-state index in [0.717, 1.165) is 28.0 Å². The van der Waals surface area contributed by atoms with Crippen LogP contribution in [0.4, 0.5) is 0 Å². The predicted molar refractivity (Wildman–Crippen MR) is 171 cm³/mol. The fraction of sp³-hybridized carbons (Fsp3) is 0.152. The fourth-order valence-corrected chi connectivity index (χ4v) is 8.37. The number of rotatable bonds is 9. The summed E-state index contributed by atoms with van der Waals surface area (Å²) in [5.41, 5.74) is 5.35. The number of nitrogens with zero attached hydrogens (tertiary/aromatic N) is 2. The molecule has 9 nitrogen and oxygen atoms in total. The number of hydrogen-bond donors (Lipinski definition) is 1. The number of aliphatic carboxylic acids is 1. The Morgan fingerprint density at radius 2 is 1.52 bits per heavy atom. The third-order valence-corrected chi connectivity index (χ3v) is 10.3. The van der Waals surface area contributed by atoms with Crippen molar-refractivity contribution in [1.29, 1.82) is 0 Å². The van der Waals surface area contributed by atoms with Gasteiger partial charge in [0.1, 0.15) is 20.9 Å². The number of amides is 2. The molecule has 2 aliphatic heterocycles. The molecule has 13 heteroatoms. The predicted octanol–water partition coefficient (Wildman–Crippen LogP) is 0.453. The largest absolute Gasteiger partial charge is 1.00 e. The van der Waals surface area contributed by atoms with Crippen LogP contribution >= 0.6 is 35.3 Å². The van der Waals surface area contributed by atoms with Gasteiger partial charge in [0.2, 0.25) is 0 Å². The number of hydrogen-bond acceptors (Lipinski definition) is 10. The van der Waals surface area contributed by atoms with E-state index in [0.29, 0.717) is 10.6 Å². The first kappa shape index (κ1) is 34.3. The molecule has 0 bridgehead atoms. The van der Waals surface area contributed by atoms with Crippen molar-refractivity contribution in [3.8, 4) is 0 Å². The van der Waals surface area contributed by atoms with Gasteiger partial charge in [-0.15, -0.1) is 23.1 Å². The minimum absolute atomic E-state index is 0. The number of β-lactam (4-membered cyclic amide) rings is 1. The summed E-state index contributed by atoms with van der Waals surface area (Å²) in [6.45, 7) is 0. The first-order valence-electron chi connectivity index (χ1n) is 13.9. The van der Waals surface area contributed by atoms with E-state index >= 15 is 0 Å². The molecule has 1 fully saturated rings. The molecular formula is C33H24KN3O6S3. The van der Waals surface area contributed by atoms with Crippen LogP contribution in [-0.4, -0.2) is 49.1 Å². The molecule has 46 heavy (non-hydrogen) atoms. The van der Waals surface area contributed by atoms with Gasteiger partial charge in [-0.3, -0.25) is 14.5 Å². The number of thioether (sulfide) groups is 1. The van der Waals surface area contributed by atoms with Gasteiger partial charge in [-0.05, 0) is 16.7 Å². The Labute approximate surface area is 320 Å². The van der Waals surface area contributed by atoms with Crippen molar-refractivity contribution < 1.29 is 80.5 Å². The van der Waals surface area contributed by atoms with Crippen molar-refractivity contribution in [3.63, 3.8) is 0 Å². The molecular weight excluding hydrogens is 670 g/mol. The van der Waals surface area contributed by atoms with Gasteiger partial charge in [0.25, 0.3) is 11.8 Å². The van der Waals surface area contributed by atoms with Crippen molar-refractivity contribution in [2.75, 3.05) is 0 Å².